The maximum atomic E-state index is 16.6. The zero-order chi connectivity index (χ0) is 34.1. The number of ether oxygens (including phenoxy) is 2. The molecule has 1 saturated carbocycles. The fraction of sp³-hybridized carbons (Fsp3) is 0.400. The van der Waals surface area contributed by atoms with Crippen LogP contribution in [-0.4, -0.2) is 71.2 Å². The van der Waals surface area contributed by atoms with E-state index in [0.29, 0.717) is 5.56 Å². The lowest BCUT2D eigenvalue weighted by atomic mass is 10.0. The number of benzene rings is 1. The summed E-state index contributed by atoms with van der Waals surface area (Å²) in [7, 11) is 3.28. The minimum Gasteiger partial charge on any atom is -0.475 e. The second kappa shape index (κ2) is 11.4. The monoisotopic (exact) mass is 682 g/mol. The highest BCUT2D eigenvalue weighted by Gasteiger charge is 2.71. The third-order valence-electron chi connectivity index (χ3n) is 8.30. The van der Waals surface area contributed by atoms with Crippen LogP contribution in [0, 0.1) is 11.2 Å². The van der Waals surface area contributed by atoms with Gasteiger partial charge in [0.1, 0.15) is 41.4 Å². The SMILES string of the molecule is C[C@H](c1cccnc1N)N1CCOc2nc(-c3cc(N)cc(Cl)c3C(F)(F)F)c(F)c3nc(OCC4(CN(C)C)CC4(F)F)nc1c23. The molecule has 0 spiro atoms. The molecule has 2 atom stereocenters. The zero-order valence-electron chi connectivity index (χ0n) is 25.3. The minimum atomic E-state index is -5.02. The normalized spacial score (nSPS) is 19.4. The van der Waals surface area contributed by atoms with Crippen LogP contribution in [0.2, 0.25) is 5.02 Å². The average Bonchev–Trinajstić information content (AvgIpc) is 3.57. The molecule has 1 aliphatic carbocycles. The molecule has 250 valence electrons. The van der Waals surface area contributed by atoms with Gasteiger partial charge in [-0.1, -0.05) is 17.7 Å². The van der Waals surface area contributed by atoms with Crippen molar-refractivity contribution in [2.24, 2.45) is 5.41 Å². The first kappa shape index (κ1) is 32.6. The van der Waals surface area contributed by atoms with E-state index in [4.69, 9.17) is 32.5 Å². The summed E-state index contributed by atoms with van der Waals surface area (Å²) in [6, 6.07) is 4.18. The number of nitrogen functional groups attached to an aromatic ring is 2. The van der Waals surface area contributed by atoms with Crippen LogP contribution in [0.1, 0.15) is 30.5 Å². The Morgan fingerprint density at radius 1 is 1.17 bits per heavy atom. The summed E-state index contributed by atoms with van der Waals surface area (Å²) in [4.78, 5) is 20.3. The van der Waals surface area contributed by atoms with E-state index >= 15 is 4.39 Å². The summed E-state index contributed by atoms with van der Waals surface area (Å²) in [5, 5.41) is -0.840. The van der Waals surface area contributed by atoms with Crippen LogP contribution in [0.5, 0.6) is 11.9 Å². The topological polar surface area (TPSA) is 129 Å². The third kappa shape index (κ3) is 5.77. The zero-order valence-corrected chi connectivity index (χ0v) is 26.1. The molecule has 0 amide bonds. The predicted octanol–water partition coefficient (Wildman–Crippen LogP) is 5.99. The van der Waals surface area contributed by atoms with Crippen LogP contribution >= 0.6 is 11.6 Å². The number of halogens is 7. The number of alkyl halides is 5. The van der Waals surface area contributed by atoms with Gasteiger partial charge in [-0.3, -0.25) is 0 Å². The molecule has 0 saturated heterocycles. The summed E-state index contributed by atoms with van der Waals surface area (Å²) >= 11 is 5.96. The summed E-state index contributed by atoms with van der Waals surface area (Å²) in [6.07, 6.45) is -3.95. The largest absolute Gasteiger partial charge is 0.475 e. The summed E-state index contributed by atoms with van der Waals surface area (Å²) in [5.41, 5.74) is 7.42. The molecular formula is C30H29ClF6N8O2. The molecule has 6 rings (SSSR count). The number of nitrogens with two attached hydrogens (primary N) is 2. The predicted molar refractivity (Wildman–Crippen MR) is 163 cm³/mol. The second-order valence-corrected chi connectivity index (χ2v) is 12.3. The molecule has 0 radical (unpaired) electrons. The van der Waals surface area contributed by atoms with Gasteiger partial charge in [0, 0.05) is 36.0 Å². The number of hydrogen-bond donors (Lipinski definition) is 2. The molecule has 2 aliphatic rings. The van der Waals surface area contributed by atoms with E-state index in [-0.39, 0.29) is 48.3 Å². The van der Waals surface area contributed by atoms with Gasteiger partial charge >= 0.3 is 12.2 Å². The van der Waals surface area contributed by atoms with Crippen LogP contribution < -0.4 is 25.8 Å². The number of hydrogen-bond acceptors (Lipinski definition) is 10. The molecular weight excluding hydrogens is 654 g/mol. The highest BCUT2D eigenvalue weighted by Crippen LogP contribution is 2.60. The van der Waals surface area contributed by atoms with E-state index in [2.05, 4.69) is 19.9 Å². The Morgan fingerprint density at radius 3 is 2.53 bits per heavy atom. The van der Waals surface area contributed by atoms with Crippen LogP contribution in [0.25, 0.3) is 22.2 Å². The van der Waals surface area contributed by atoms with Gasteiger partial charge in [-0.2, -0.15) is 23.1 Å². The molecule has 1 aliphatic heterocycles. The third-order valence-corrected chi connectivity index (χ3v) is 8.60. The van der Waals surface area contributed by atoms with Crippen molar-refractivity contribution >= 4 is 39.8 Å². The summed E-state index contributed by atoms with van der Waals surface area (Å²) < 4.78 is 100. The van der Waals surface area contributed by atoms with Crippen LogP contribution in [0.15, 0.2) is 30.5 Å². The van der Waals surface area contributed by atoms with Crippen molar-refractivity contribution in [3.05, 3.63) is 52.4 Å². The fourth-order valence-corrected chi connectivity index (χ4v) is 6.33. The number of aromatic nitrogens is 4. The van der Waals surface area contributed by atoms with E-state index in [9.17, 15) is 22.0 Å². The van der Waals surface area contributed by atoms with Gasteiger partial charge in [0.15, 0.2) is 5.82 Å². The lowest BCUT2D eigenvalue weighted by Crippen LogP contribution is -2.33. The number of anilines is 3. The summed E-state index contributed by atoms with van der Waals surface area (Å²) in [5.74, 6) is -4.33. The minimum absolute atomic E-state index is 0.0132. The first-order valence-electron chi connectivity index (χ1n) is 14.4. The summed E-state index contributed by atoms with van der Waals surface area (Å²) in [6.45, 7) is 1.31. The van der Waals surface area contributed by atoms with Crippen LogP contribution in [0.3, 0.4) is 0 Å². The van der Waals surface area contributed by atoms with Crippen molar-refractivity contribution in [2.75, 3.05) is 56.8 Å². The highest BCUT2D eigenvalue weighted by molar-refractivity contribution is 6.32. The van der Waals surface area contributed by atoms with E-state index in [1.54, 1.807) is 43.0 Å². The Bertz CT molecular complexity index is 1880. The van der Waals surface area contributed by atoms with Crippen molar-refractivity contribution in [2.45, 2.75) is 31.5 Å². The highest BCUT2D eigenvalue weighted by atomic mass is 35.5. The van der Waals surface area contributed by atoms with Gasteiger partial charge in [-0.15, -0.1) is 0 Å². The first-order chi connectivity index (χ1) is 22.0. The van der Waals surface area contributed by atoms with Crippen LogP contribution in [-0.2, 0) is 6.18 Å². The second-order valence-electron chi connectivity index (χ2n) is 11.9. The van der Waals surface area contributed by atoms with Crippen molar-refractivity contribution < 1.29 is 35.8 Å². The Balaban J connectivity index is 1.57. The Labute approximate surface area is 269 Å². The van der Waals surface area contributed by atoms with Crippen molar-refractivity contribution in [3.8, 4) is 23.1 Å². The smallest absolute Gasteiger partial charge is 0.418 e. The first-order valence-corrected chi connectivity index (χ1v) is 14.7. The maximum absolute atomic E-state index is 16.6. The number of nitrogens with zero attached hydrogens (tertiary/aromatic N) is 6. The molecule has 4 N–H and O–H groups in total. The van der Waals surface area contributed by atoms with E-state index in [1.165, 1.54) is 6.20 Å². The quantitative estimate of drug-likeness (QED) is 0.169. The number of pyridine rings is 2. The molecule has 0 bridgehead atoms. The number of rotatable bonds is 8. The molecule has 4 heterocycles. The van der Waals surface area contributed by atoms with Gasteiger partial charge in [-0.05, 0) is 39.2 Å². The van der Waals surface area contributed by atoms with Crippen molar-refractivity contribution in [3.63, 3.8) is 0 Å². The molecule has 10 nitrogen and oxygen atoms in total. The average molecular weight is 683 g/mol. The molecule has 47 heavy (non-hydrogen) atoms. The van der Waals surface area contributed by atoms with Crippen molar-refractivity contribution in [1.29, 1.82) is 0 Å². The maximum Gasteiger partial charge on any atom is 0.418 e. The van der Waals surface area contributed by atoms with Gasteiger partial charge in [0.25, 0.3) is 5.92 Å². The molecule has 1 aromatic carbocycles. The molecule has 1 fully saturated rings. The molecule has 4 aromatic rings. The van der Waals surface area contributed by atoms with E-state index in [0.717, 1.165) is 12.1 Å². The Morgan fingerprint density at radius 2 is 1.89 bits per heavy atom. The van der Waals surface area contributed by atoms with Crippen LogP contribution in [0.4, 0.5) is 43.7 Å². The molecule has 1 unspecified atom stereocenters. The van der Waals surface area contributed by atoms with Gasteiger partial charge in [0.2, 0.25) is 5.88 Å². The molecule has 3 aromatic heterocycles. The van der Waals surface area contributed by atoms with E-state index < -0.39 is 75.8 Å². The lowest BCUT2D eigenvalue weighted by Gasteiger charge is -2.30. The van der Waals surface area contributed by atoms with Gasteiger partial charge < -0.3 is 30.7 Å². The lowest BCUT2D eigenvalue weighted by molar-refractivity contribution is -0.137. The fourth-order valence-electron chi connectivity index (χ4n) is 6.00. The molecule has 17 heteroatoms. The van der Waals surface area contributed by atoms with Crippen molar-refractivity contribution in [1.82, 2.24) is 24.8 Å². The Hall–Kier alpha value is -4.31. The van der Waals surface area contributed by atoms with Gasteiger partial charge in [-0.25, -0.2) is 23.1 Å². The Kier molecular flexibility index (Phi) is 7.94. The standard InChI is InChI=1S/C30H29ClF6N8O2/c1-14(16-5-4-6-40-24(16)39)45-7-8-46-26-19-23(21(32)22(41-26)17-9-15(38)10-18(31)20(17)30(35,36)37)42-27(43-25(19)45)47-13-28(12-44(2)3)11-29(28,33)34/h4-6,9-10,14H,7-8,11-13,38H2,1-3H3,(H2,39,40)/t14-,28?/m1/s1. The van der Waals surface area contributed by atoms with Gasteiger partial charge in [0.05, 0.1) is 28.6 Å². The van der Waals surface area contributed by atoms with E-state index in [1.807, 2.05) is 0 Å².